The molecule has 2 atom stereocenters. The fourth-order valence-corrected chi connectivity index (χ4v) is 7.30. The maximum atomic E-state index is 6.27. The highest BCUT2D eigenvalue weighted by molar-refractivity contribution is 7.80. The smallest absolute Gasteiger partial charge is 0.174 e. The van der Waals surface area contributed by atoms with E-state index < -0.39 is 0 Å². The number of hydrogen-bond acceptors (Lipinski definition) is 5. The summed E-state index contributed by atoms with van der Waals surface area (Å²) in [6, 6.07) is 25.6. The van der Waals surface area contributed by atoms with E-state index in [1.165, 1.54) is 35.5 Å². The molecule has 2 aliphatic heterocycles. The van der Waals surface area contributed by atoms with E-state index in [0.717, 1.165) is 62.0 Å². The molecule has 222 valence electrons. The average Bonchev–Trinajstić information content (AvgIpc) is 3.76. The van der Waals surface area contributed by atoms with Gasteiger partial charge in [0.05, 0.1) is 37.1 Å². The number of thiocarbonyl (C=S) groups is 1. The zero-order valence-corrected chi connectivity index (χ0v) is 25.7. The van der Waals surface area contributed by atoms with Crippen LogP contribution < -0.4 is 19.9 Å². The first-order valence-corrected chi connectivity index (χ1v) is 15.9. The van der Waals surface area contributed by atoms with Crippen molar-refractivity contribution in [1.82, 2.24) is 14.9 Å². The maximum Gasteiger partial charge on any atom is 0.174 e. The molecule has 1 aliphatic carbocycles. The Kier molecular flexibility index (Phi) is 7.80. The molecule has 0 radical (unpaired) electrons. The van der Waals surface area contributed by atoms with Crippen molar-refractivity contribution < 1.29 is 9.47 Å². The lowest BCUT2D eigenvalue weighted by molar-refractivity contribution is 0.122. The van der Waals surface area contributed by atoms with Crippen molar-refractivity contribution in [2.24, 2.45) is 0 Å². The predicted molar refractivity (Wildman–Crippen MR) is 176 cm³/mol. The van der Waals surface area contributed by atoms with E-state index in [-0.39, 0.29) is 12.1 Å². The van der Waals surface area contributed by atoms with Crippen molar-refractivity contribution in [2.75, 3.05) is 36.1 Å². The van der Waals surface area contributed by atoms with Crippen molar-refractivity contribution in [3.63, 3.8) is 0 Å². The third-order valence-electron chi connectivity index (χ3n) is 9.09. The standard InChI is InChI=1S/C35H39N5O2S/c1-24-23-31(25(2)39(24)27-12-10-26(11-13-27)38-19-21-41-22-20-38)34-33(32-9-5-6-18-36-32)37-35(43)40(34)28-14-16-30(17-15-28)42-29-7-3-4-8-29/h5-6,9-18,23,29,33-34H,3-4,7-8,19-22H2,1-2H3,(H,37,43). The van der Waals surface area contributed by atoms with Crippen LogP contribution in [0.5, 0.6) is 5.75 Å². The average molecular weight is 594 g/mol. The van der Waals surface area contributed by atoms with Crippen molar-refractivity contribution in [1.29, 1.82) is 0 Å². The number of benzene rings is 2. The number of morpholine rings is 1. The van der Waals surface area contributed by atoms with Crippen LogP contribution in [0.1, 0.15) is 60.4 Å². The summed E-state index contributed by atoms with van der Waals surface area (Å²) in [6.07, 6.45) is 6.97. The van der Waals surface area contributed by atoms with E-state index in [1.807, 2.05) is 18.3 Å². The van der Waals surface area contributed by atoms with Gasteiger partial charge in [-0.3, -0.25) is 4.98 Å². The lowest BCUT2D eigenvalue weighted by Crippen LogP contribution is -2.36. The maximum absolute atomic E-state index is 6.27. The Morgan fingerprint density at radius 1 is 0.884 bits per heavy atom. The van der Waals surface area contributed by atoms with Gasteiger partial charge in [-0.2, -0.15) is 0 Å². The molecule has 2 unspecified atom stereocenters. The number of aromatic nitrogens is 2. The van der Waals surface area contributed by atoms with Gasteiger partial charge in [0.1, 0.15) is 5.75 Å². The summed E-state index contributed by atoms with van der Waals surface area (Å²) in [5.74, 6) is 0.922. The lowest BCUT2D eigenvalue weighted by atomic mass is 9.96. The Bertz CT molecular complexity index is 1560. The monoisotopic (exact) mass is 593 g/mol. The number of rotatable bonds is 7. The Morgan fingerprint density at radius 3 is 2.28 bits per heavy atom. The second kappa shape index (κ2) is 12.0. The fourth-order valence-electron chi connectivity index (χ4n) is 6.95. The van der Waals surface area contributed by atoms with E-state index in [0.29, 0.717) is 11.2 Å². The van der Waals surface area contributed by atoms with Crippen LogP contribution in [0.2, 0.25) is 0 Å². The molecular formula is C35H39N5O2S. The Hall–Kier alpha value is -3.88. The number of hydrogen-bond donors (Lipinski definition) is 1. The quantitative estimate of drug-likeness (QED) is 0.236. The highest BCUT2D eigenvalue weighted by Gasteiger charge is 2.42. The Labute approximate surface area is 259 Å². The first-order valence-electron chi connectivity index (χ1n) is 15.5. The van der Waals surface area contributed by atoms with Crippen LogP contribution in [0.15, 0.2) is 79.0 Å². The molecule has 4 heterocycles. The number of nitrogens with one attached hydrogen (secondary N) is 1. The van der Waals surface area contributed by atoms with E-state index in [2.05, 4.69) is 94.2 Å². The van der Waals surface area contributed by atoms with Crippen LogP contribution in [0.3, 0.4) is 0 Å². The van der Waals surface area contributed by atoms with Gasteiger partial charge < -0.3 is 29.2 Å². The zero-order chi connectivity index (χ0) is 29.3. The molecule has 43 heavy (non-hydrogen) atoms. The van der Waals surface area contributed by atoms with Crippen LogP contribution in [0, 0.1) is 13.8 Å². The summed E-state index contributed by atoms with van der Waals surface area (Å²) in [4.78, 5) is 9.39. The van der Waals surface area contributed by atoms with E-state index in [9.17, 15) is 0 Å². The molecule has 4 aromatic rings. The molecule has 2 aromatic carbocycles. The molecule has 8 heteroatoms. The third-order valence-corrected chi connectivity index (χ3v) is 9.41. The number of ether oxygens (including phenoxy) is 2. The minimum Gasteiger partial charge on any atom is -0.490 e. The minimum atomic E-state index is -0.0965. The van der Waals surface area contributed by atoms with Crippen molar-refractivity contribution in [2.45, 2.75) is 57.7 Å². The number of pyridine rings is 1. The third kappa shape index (κ3) is 5.50. The summed E-state index contributed by atoms with van der Waals surface area (Å²) in [5, 5.41) is 4.32. The van der Waals surface area contributed by atoms with Gasteiger partial charge >= 0.3 is 0 Å². The second-order valence-electron chi connectivity index (χ2n) is 11.8. The molecule has 3 fully saturated rings. The highest BCUT2D eigenvalue weighted by Crippen LogP contribution is 2.44. The van der Waals surface area contributed by atoms with Gasteiger partial charge in [0.25, 0.3) is 0 Å². The van der Waals surface area contributed by atoms with E-state index >= 15 is 0 Å². The van der Waals surface area contributed by atoms with Crippen LogP contribution in [-0.4, -0.2) is 47.1 Å². The normalized spacial score (nSPS) is 20.9. The Balaban J connectivity index is 1.24. The molecule has 1 N–H and O–H groups in total. The topological polar surface area (TPSA) is 54.8 Å². The highest BCUT2D eigenvalue weighted by atomic mass is 32.1. The SMILES string of the molecule is Cc1cc(C2C(c3ccccn3)NC(=S)N2c2ccc(OC3CCCC3)cc2)c(C)n1-c1ccc(N2CCOCC2)cc1. The number of nitrogens with zero attached hydrogens (tertiary/aromatic N) is 4. The summed E-state index contributed by atoms with van der Waals surface area (Å²) in [7, 11) is 0. The van der Waals surface area contributed by atoms with Crippen LogP contribution in [0.4, 0.5) is 11.4 Å². The van der Waals surface area contributed by atoms with Crippen molar-refractivity contribution in [3.05, 3.63) is 102 Å². The fraction of sp³-hybridized carbons (Fsp3) is 0.371. The first-order chi connectivity index (χ1) is 21.1. The number of aryl methyl sites for hydroxylation is 1. The summed E-state index contributed by atoms with van der Waals surface area (Å²) >= 11 is 6.01. The number of anilines is 2. The van der Waals surface area contributed by atoms with Gasteiger partial charge in [-0.1, -0.05) is 6.07 Å². The van der Waals surface area contributed by atoms with E-state index in [1.54, 1.807) is 0 Å². The molecule has 7 nitrogen and oxygen atoms in total. The van der Waals surface area contributed by atoms with Gasteiger partial charge in [0.2, 0.25) is 0 Å². The van der Waals surface area contributed by atoms with Crippen LogP contribution in [0.25, 0.3) is 5.69 Å². The van der Waals surface area contributed by atoms with Gasteiger partial charge in [-0.05, 0) is 124 Å². The summed E-state index contributed by atoms with van der Waals surface area (Å²) in [5.41, 5.74) is 8.01. The molecule has 0 spiro atoms. The van der Waals surface area contributed by atoms with Gasteiger partial charge in [0, 0.05) is 47.7 Å². The van der Waals surface area contributed by atoms with Gasteiger partial charge in [-0.15, -0.1) is 0 Å². The minimum absolute atomic E-state index is 0.0726. The van der Waals surface area contributed by atoms with Crippen LogP contribution >= 0.6 is 12.2 Å². The zero-order valence-electron chi connectivity index (χ0n) is 24.9. The predicted octanol–water partition coefficient (Wildman–Crippen LogP) is 6.82. The Morgan fingerprint density at radius 2 is 1.58 bits per heavy atom. The molecule has 2 aromatic heterocycles. The molecular weight excluding hydrogens is 554 g/mol. The van der Waals surface area contributed by atoms with Crippen molar-refractivity contribution in [3.8, 4) is 11.4 Å². The summed E-state index contributed by atoms with van der Waals surface area (Å²) in [6.45, 7) is 7.81. The van der Waals surface area contributed by atoms with Crippen LogP contribution in [-0.2, 0) is 4.74 Å². The second-order valence-corrected chi connectivity index (χ2v) is 12.2. The molecule has 0 amide bonds. The largest absolute Gasteiger partial charge is 0.490 e. The van der Waals surface area contributed by atoms with Gasteiger partial charge in [0.15, 0.2) is 5.11 Å². The summed E-state index contributed by atoms with van der Waals surface area (Å²) < 4.78 is 14.2. The molecule has 1 saturated carbocycles. The lowest BCUT2D eigenvalue weighted by Gasteiger charge is -2.29. The van der Waals surface area contributed by atoms with E-state index in [4.69, 9.17) is 26.7 Å². The molecule has 0 bridgehead atoms. The van der Waals surface area contributed by atoms with Gasteiger partial charge in [-0.25, -0.2) is 0 Å². The first kappa shape index (κ1) is 27.9. The van der Waals surface area contributed by atoms with Crippen molar-refractivity contribution >= 4 is 28.7 Å². The molecule has 3 aliphatic rings. The molecule has 2 saturated heterocycles. The molecule has 7 rings (SSSR count).